The lowest BCUT2D eigenvalue weighted by molar-refractivity contribution is -0.384. The second kappa shape index (κ2) is 12.5. The Morgan fingerprint density at radius 3 is 2.84 bits per heavy atom. The zero-order valence-electron chi connectivity index (χ0n) is 21.1. The molecule has 0 atom stereocenters. The lowest BCUT2D eigenvalue weighted by Gasteiger charge is -2.29. The number of nitrogens with one attached hydrogen (secondary N) is 3. The van der Waals surface area contributed by atoms with E-state index in [9.17, 15) is 10.1 Å². The van der Waals surface area contributed by atoms with Crippen molar-refractivity contribution >= 4 is 46.4 Å². The van der Waals surface area contributed by atoms with Crippen LogP contribution in [0.3, 0.4) is 0 Å². The van der Waals surface area contributed by atoms with E-state index in [-0.39, 0.29) is 16.7 Å². The second-order valence-electron chi connectivity index (χ2n) is 8.52. The van der Waals surface area contributed by atoms with E-state index in [0.717, 1.165) is 25.8 Å². The van der Waals surface area contributed by atoms with Gasteiger partial charge >= 0.3 is 0 Å². The molecule has 0 saturated carbocycles. The molecule has 38 heavy (non-hydrogen) atoms. The highest BCUT2D eigenvalue weighted by molar-refractivity contribution is 6.33. The van der Waals surface area contributed by atoms with Crippen molar-refractivity contribution in [2.45, 2.75) is 0 Å². The summed E-state index contributed by atoms with van der Waals surface area (Å²) in [6, 6.07) is 3.04. The molecule has 1 fully saturated rings. The monoisotopic (exact) mass is 540 g/mol. The molecule has 4 rings (SSSR count). The number of allylic oxidation sites excluding steroid dienone is 4. The first-order valence-corrected chi connectivity index (χ1v) is 12.3. The number of hydrogen-bond donors (Lipinski definition) is 3. The van der Waals surface area contributed by atoms with Gasteiger partial charge in [-0.2, -0.15) is 0 Å². The summed E-state index contributed by atoms with van der Waals surface area (Å²) in [4.78, 5) is 24.4. The molecule has 0 spiro atoms. The van der Waals surface area contributed by atoms with Crippen LogP contribution in [0, 0.1) is 15.5 Å². The van der Waals surface area contributed by atoms with Gasteiger partial charge in [0.05, 0.1) is 47.8 Å². The predicted molar refractivity (Wildman–Crippen MR) is 148 cm³/mol. The van der Waals surface area contributed by atoms with Gasteiger partial charge < -0.3 is 30.4 Å². The van der Waals surface area contributed by atoms with E-state index >= 15 is 0 Å². The minimum absolute atomic E-state index is 0.0856. The topological polar surface area (TPSA) is 142 Å². The van der Waals surface area contributed by atoms with Gasteiger partial charge in [0, 0.05) is 69.0 Å². The maximum absolute atomic E-state index is 12.0. The quantitative estimate of drug-likeness (QED) is 0.232. The van der Waals surface area contributed by atoms with Gasteiger partial charge in [0.1, 0.15) is 11.4 Å². The van der Waals surface area contributed by atoms with Crippen molar-refractivity contribution in [3.8, 4) is 5.75 Å². The lowest BCUT2D eigenvalue weighted by atomic mass is 10.1. The zero-order valence-corrected chi connectivity index (χ0v) is 21.9. The molecular weight excluding hydrogens is 512 g/mol. The Morgan fingerprint density at radius 1 is 1.39 bits per heavy atom. The van der Waals surface area contributed by atoms with Crippen LogP contribution in [0.1, 0.15) is 5.69 Å². The van der Waals surface area contributed by atoms with Crippen molar-refractivity contribution in [3.05, 3.63) is 69.3 Å². The van der Waals surface area contributed by atoms with E-state index in [0.29, 0.717) is 53.8 Å². The Morgan fingerprint density at radius 2 is 2.18 bits per heavy atom. The van der Waals surface area contributed by atoms with Crippen LogP contribution in [0.2, 0.25) is 5.02 Å². The molecule has 12 nitrogen and oxygen atoms in total. The number of anilines is 3. The first-order valence-electron chi connectivity index (χ1n) is 11.9. The summed E-state index contributed by atoms with van der Waals surface area (Å²) in [5.74, 6) is 0.525. The van der Waals surface area contributed by atoms with Gasteiger partial charge in [0.2, 0.25) is 5.95 Å². The highest BCUT2D eigenvalue weighted by Gasteiger charge is 2.23. The summed E-state index contributed by atoms with van der Waals surface area (Å²) in [6.07, 6.45) is 9.74. The van der Waals surface area contributed by atoms with Crippen LogP contribution in [0.25, 0.3) is 5.57 Å². The fourth-order valence-electron chi connectivity index (χ4n) is 4.08. The van der Waals surface area contributed by atoms with Crippen molar-refractivity contribution < 1.29 is 14.4 Å². The molecule has 3 N–H and O–H groups in total. The van der Waals surface area contributed by atoms with Crippen molar-refractivity contribution in [1.29, 1.82) is 5.41 Å². The van der Waals surface area contributed by atoms with E-state index in [1.165, 1.54) is 19.4 Å². The van der Waals surface area contributed by atoms with Gasteiger partial charge in [-0.1, -0.05) is 17.7 Å². The van der Waals surface area contributed by atoms with Crippen LogP contribution in [0.4, 0.5) is 23.0 Å². The average molecular weight is 541 g/mol. The fourth-order valence-corrected chi connectivity index (χ4v) is 4.28. The number of nitrogens with zero attached hydrogens (tertiary/aromatic N) is 5. The predicted octanol–water partition coefficient (Wildman–Crippen LogP) is 3.59. The van der Waals surface area contributed by atoms with Gasteiger partial charge in [0.15, 0.2) is 0 Å². The molecule has 0 amide bonds. The number of benzene rings is 1. The van der Waals surface area contributed by atoms with Crippen LogP contribution in [-0.2, 0) is 4.74 Å². The summed E-state index contributed by atoms with van der Waals surface area (Å²) in [5.41, 5.74) is 2.10. The third-order valence-corrected chi connectivity index (χ3v) is 6.43. The number of hydrogen-bond acceptors (Lipinski definition) is 11. The number of nitro groups is 1. The third-order valence-electron chi connectivity index (χ3n) is 6.15. The molecule has 2 aliphatic heterocycles. The highest BCUT2D eigenvalue weighted by atomic mass is 35.5. The van der Waals surface area contributed by atoms with Crippen LogP contribution >= 0.6 is 11.6 Å². The standard InChI is InChI=1S/C25H29ClN8O4/c1-32(7-8-33-9-11-38-12-10-33)21-14-23(37-2)20(13-22(21)34(35)36)30-25-29-16-18(26)24(31-25)17(15-27)19-5-3-4-6-28-19/h3-6,13-16,27-28H,7-12H2,1-2H3,(H,29,30,31)/b19-17+,27-15?. The molecule has 1 aromatic heterocycles. The Hall–Kier alpha value is -4.00. The largest absolute Gasteiger partial charge is 0.494 e. The Kier molecular flexibility index (Phi) is 8.89. The number of aromatic nitrogens is 2. The summed E-state index contributed by atoms with van der Waals surface area (Å²) >= 11 is 6.37. The molecule has 0 unspecified atom stereocenters. The van der Waals surface area contributed by atoms with Crippen molar-refractivity contribution in [2.75, 3.05) is 63.8 Å². The minimum Gasteiger partial charge on any atom is -0.494 e. The maximum atomic E-state index is 12.0. The normalized spacial score (nSPS) is 16.5. The summed E-state index contributed by atoms with van der Waals surface area (Å²) < 4.78 is 11.0. The number of dihydropyridines is 1. The number of nitro benzene ring substituents is 1. The second-order valence-corrected chi connectivity index (χ2v) is 8.93. The van der Waals surface area contributed by atoms with E-state index in [1.807, 2.05) is 24.1 Å². The summed E-state index contributed by atoms with van der Waals surface area (Å²) in [5, 5.41) is 26.3. The highest BCUT2D eigenvalue weighted by Crippen LogP contribution is 2.39. The number of morpholine rings is 1. The Balaban J connectivity index is 1.62. The molecule has 2 aromatic rings. The van der Waals surface area contributed by atoms with Crippen LogP contribution < -0.4 is 20.3 Å². The van der Waals surface area contributed by atoms with Gasteiger partial charge in [0.25, 0.3) is 5.69 Å². The molecule has 0 bridgehead atoms. The molecule has 13 heteroatoms. The number of rotatable bonds is 10. The number of ether oxygens (including phenoxy) is 2. The number of likely N-dealkylation sites (N-methyl/N-ethyl adjacent to an activating group) is 1. The molecule has 0 radical (unpaired) electrons. The molecular formula is C25H29ClN8O4. The first-order chi connectivity index (χ1) is 18.4. The Labute approximate surface area is 225 Å². The maximum Gasteiger partial charge on any atom is 0.294 e. The zero-order chi connectivity index (χ0) is 27.1. The molecule has 2 aliphatic rings. The van der Waals surface area contributed by atoms with E-state index in [2.05, 4.69) is 25.5 Å². The van der Waals surface area contributed by atoms with E-state index in [1.54, 1.807) is 18.3 Å². The minimum atomic E-state index is -0.425. The third kappa shape index (κ3) is 6.28. The smallest absolute Gasteiger partial charge is 0.294 e. The summed E-state index contributed by atoms with van der Waals surface area (Å²) in [6.45, 7) is 4.41. The molecule has 1 aromatic carbocycles. The van der Waals surface area contributed by atoms with Crippen molar-refractivity contribution in [1.82, 2.24) is 20.2 Å². The molecule has 1 saturated heterocycles. The van der Waals surface area contributed by atoms with E-state index in [4.69, 9.17) is 26.5 Å². The molecule has 200 valence electrons. The SMILES string of the molecule is COc1cc(N(C)CCN2CCOCC2)c([N+](=O)[O-])cc1Nc1ncc(Cl)c(/C(C=N)=C2\C=CC=CN2)n1. The van der Waals surface area contributed by atoms with Crippen molar-refractivity contribution in [3.63, 3.8) is 0 Å². The first kappa shape index (κ1) is 27.0. The fraction of sp³-hybridized carbons (Fsp3) is 0.320. The van der Waals surface area contributed by atoms with Gasteiger partial charge in [-0.3, -0.25) is 15.0 Å². The molecule has 3 heterocycles. The van der Waals surface area contributed by atoms with Gasteiger partial charge in [-0.25, -0.2) is 9.97 Å². The van der Waals surface area contributed by atoms with Crippen LogP contribution in [0.15, 0.2) is 48.5 Å². The average Bonchev–Trinajstić information content (AvgIpc) is 2.94. The van der Waals surface area contributed by atoms with Gasteiger partial charge in [-0.15, -0.1) is 0 Å². The van der Waals surface area contributed by atoms with Crippen molar-refractivity contribution in [2.24, 2.45) is 0 Å². The van der Waals surface area contributed by atoms with Gasteiger partial charge in [-0.05, 0) is 12.2 Å². The number of methoxy groups -OCH3 is 1. The Bertz CT molecular complexity index is 1290. The summed E-state index contributed by atoms with van der Waals surface area (Å²) in [7, 11) is 3.31. The van der Waals surface area contributed by atoms with E-state index < -0.39 is 4.92 Å². The number of halogens is 1. The van der Waals surface area contributed by atoms with Crippen LogP contribution in [0.5, 0.6) is 5.75 Å². The molecule has 0 aliphatic carbocycles. The lowest BCUT2D eigenvalue weighted by Crippen LogP contribution is -2.40. The van der Waals surface area contributed by atoms with Crippen LogP contribution in [-0.4, -0.2) is 79.6 Å².